The minimum atomic E-state index is 0.465. The minimum absolute atomic E-state index is 0.465. The molecule has 0 spiro atoms. The molecule has 2 rings (SSSR count). The van der Waals surface area contributed by atoms with Gasteiger partial charge >= 0.3 is 0 Å². The van der Waals surface area contributed by atoms with Gasteiger partial charge in [-0.15, -0.1) is 0 Å². The van der Waals surface area contributed by atoms with Crippen LogP contribution in [0.4, 0.5) is 0 Å². The van der Waals surface area contributed by atoms with Gasteiger partial charge in [-0.2, -0.15) is 5.10 Å². The van der Waals surface area contributed by atoms with Gasteiger partial charge in [0.15, 0.2) is 0 Å². The molecule has 2 heterocycles. The van der Waals surface area contributed by atoms with Crippen LogP contribution in [0.15, 0.2) is 18.2 Å². The van der Waals surface area contributed by atoms with Gasteiger partial charge in [-0.3, -0.25) is 4.68 Å². The molecule has 2 aromatic heterocycles. The van der Waals surface area contributed by atoms with Crippen LogP contribution in [0.5, 0.6) is 5.88 Å². The second kappa shape index (κ2) is 6.72. The summed E-state index contributed by atoms with van der Waals surface area (Å²) >= 11 is 0. The lowest BCUT2D eigenvalue weighted by atomic mass is 10.2. The zero-order valence-corrected chi connectivity index (χ0v) is 13.5. The third-order valence-corrected chi connectivity index (χ3v) is 3.52. The molecule has 0 fully saturated rings. The zero-order valence-electron chi connectivity index (χ0n) is 13.5. The summed E-state index contributed by atoms with van der Waals surface area (Å²) in [4.78, 5) is 4.44. The number of nitrogens with one attached hydrogen (secondary N) is 1. The van der Waals surface area contributed by atoms with E-state index >= 15 is 0 Å². The Kier molecular flexibility index (Phi) is 4.96. The molecule has 21 heavy (non-hydrogen) atoms. The van der Waals surface area contributed by atoms with Crippen LogP contribution in [0, 0.1) is 13.8 Å². The highest BCUT2D eigenvalue weighted by Crippen LogP contribution is 2.15. The molecule has 0 radical (unpaired) electrons. The van der Waals surface area contributed by atoms with Gasteiger partial charge < -0.3 is 10.1 Å². The fraction of sp³-hybridized carbons (Fsp3) is 0.500. The van der Waals surface area contributed by atoms with Crippen molar-refractivity contribution in [3.63, 3.8) is 0 Å². The Hall–Kier alpha value is -1.88. The van der Waals surface area contributed by atoms with E-state index in [2.05, 4.69) is 43.1 Å². The summed E-state index contributed by atoms with van der Waals surface area (Å²) in [6.07, 6.45) is 0. The lowest BCUT2D eigenvalue weighted by Crippen LogP contribution is -2.22. The van der Waals surface area contributed by atoms with E-state index in [9.17, 15) is 0 Å². The van der Waals surface area contributed by atoms with E-state index in [0.29, 0.717) is 18.5 Å². The Morgan fingerprint density at radius 3 is 2.71 bits per heavy atom. The fourth-order valence-electron chi connectivity index (χ4n) is 2.26. The number of hydrogen-bond donors (Lipinski definition) is 1. The number of rotatable bonds is 6. The van der Waals surface area contributed by atoms with Crippen LogP contribution < -0.4 is 10.1 Å². The van der Waals surface area contributed by atoms with Crippen molar-refractivity contribution in [1.29, 1.82) is 0 Å². The molecule has 0 aromatic carbocycles. The van der Waals surface area contributed by atoms with E-state index in [0.717, 1.165) is 17.9 Å². The van der Waals surface area contributed by atoms with E-state index in [1.165, 1.54) is 11.3 Å². The predicted octanol–water partition coefficient (Wildman–Crippen LogP) is 2.45. The maximum atomic E-state index is 5.17. The molecule has 0 amide bonds. The van der Waals surface area contributed by atoms with Gasteiger partial charge in [-0.05, 0) is 19.9 Å². The van der Waals surface area contributed by atoms with Crippen molar-refractivity contribution in [2.24, 2.45) is 0 Å². The van der Waals surface area contributed by atoms with Gasteiger partial charge in [0.1, 0.15) is 0 Å². The summed E-state index contributed by atoms with van der Waals surface area (Å²) in [6.45, 7) is 9.97. The fourth-order valence-corrected chi connectivity index (χ4v) is 2.26. The second-order valence-corrected chi connectivity index (χ2v) is 5.51. The monoisotopic (exact) mass is 288 g/mol. The molecule has 0 saturated heterocycles. The van der Waals surface area contributed by atoms with Crippen LogP contribution >= 0.6 is 0 Å². The highest BCUT2D eigenvalue weighted by Gasteiger charge is 2.12. The Labute approximate surface area is 126 Å². The van der Waals surface area contributed by atoms with Crippen molar-refractivity contribution < 1.29 is 4.74 Å². The topological polar surface area (TPSA) is 52.0 Å². The van der Waals surface area contributed by atoms with Gasteiger partial charge in [-0.25, -0.2) is 4.98 Å². The summed E-state index contributed by atoms with van der Waals surface area (Å²) in [6, 6.07) is 6.26. The Morgan fingerprint density at radius 2 is 2.05 bits per heavy atom. The molecule has 0 aliphatic rings. The Bertz CT molecular complexity index is 604. The van der Waals surface area contributed by atoms with E-state index in [1.54, 1.807) is 7.11 Å². The second-order valence-electron chi connectivity index (χ2n) is 5.51. The van der Waals surface area contributed by atoms with E-state index in [-0.39, 0.29) is 0 Å². The van der Waals surface area contributed by atoms with Crippen LogP contribution in [0.3, 0.4) is 0 Å². The van der Waals surface area contributed by atoms with Crippen molar-refractivity contribution in [2.75, 3.05) is 7.11 Å². The van der Waals surface area contributed by atoms with E-state index in [1.807, 2.05) is 22.9 Å². The Balaban J connectivity index is 2.18. The molecule has 2 aromatic rings. The third-order valence-electron chi connectivity index (χ3n) is 3.52. The van der Waals surface area contributed by atoms with Crippen LogP contribution in [0.25, 0.3) is 0 Å². The van der Waals surface area contributed by atoms with Crippen molar-refractivity contribution >= 4 is 0 Å². The average Bonchev–Trinajstić information content (AvgIpc) is 2.71. The normalized spacial score (nSPS) is 11.1. The number of aromatic nitrogens is 3. The summed E-state index contributed by atoms with van der Waals surface area (Å²) < 4.78 is 7.17. The minimum Gasteiger partial charge on any atom is -0.481 e. The first kappa shape index (κ1) is 15.5. The number of pyridine rings is 1. The molecular weight excluding hydrogens is 264 g/mol. The molecule has 0 bridgehead atoms. The molecule has 0 aliphatic heterocycles. The quantitative estimate of drug-likeness (QED) is 0.887. The standard InChI is InChI=1S/C16H24N4O/c1-11(2)17-9-15-12(3)19-20(13(15)4)10-14-7-6-8-16(18-14)21-5/h6-8,11,17H,9-10H2,1-5H3. The zero-order chi connectivity index (χ0) is 15.4. The predicted molar refractivity (Wildman–Crippen MR) is 83.6 cm³/mol. The summed E-state index contributed by atoms with van der Waals surface area (Å²) in [5.41, 5.74) is 4.48. The smallest absolute Gasteiger partial charge is 0.213 e. The first-order valence-corrected chi connectivity index (χ1v) is 7.27. The van der Waals surface area contributed by atoms with Crippen molar-refractivity contribution in [1.82, 2.24) is 20.1 Å². The number of hydrogen-bond acceptors (Lipinski definition) is 4. The number of aryl methyl sites for hydroxylation is 1. The molecule has 5 heteroatoms. The molecule has 114 valence electrons. The van der Waals surface area contributed by atoms with Gasteiger partial charge in [0.25, 0.3) is 0 Å². The third kappa shape index (κ3) is 3.82. The first-order valence-electron chi connectivity index (χ1n) is 7.27. The average molecular weight is 288 g/mol. The first-order chi connectivity index (χ1) is 10.0. The maximum Gasteiger partial charge on any atom is 0.213 e. The van der Waals surface area contributed by atoms with Crippen molar-refractivity contribution in [3.05, 3.63) is 40.8 Å². The molecular formula is C16H24N4O. The van der Waals surface area contributed by atoms with E-state index in [4.69, 9.17) is 4.74 Å². The van der Waals surface area contributed by atoms with Gasteiger partial charge in [0.05, 0.1) is 25.0 Å². The van der Waals surface area contributed by atoms with Crippen LogP contribution in [0.2, 0.25) is 0 Å². The van der Waals surface area contributed by atoms with Crippen LogP contribution in [-0.2, 0) is 13.1 Å². The summed E-state index contributed by atoms with van der Waals surface area (Å²) in [5.74, 6) is 0.635. The lowest BCUT2D eigenvalue weighted by Gasteiger charge is -2.09. The summed E-state index contributed by atoms with van der Waals surface area (Å²) in [7, 11) is 1.63. The van der Waals surface area contributed by atoms with Crippen molar-refractivity contribution in [2.45, 2.75) is 46.8 Å². The lowest BCUT2D eigenvalue weighted by molar-refractivity contribution is 0.395. The van der Waals surface area contributed by atoms with Crippen molar-refractivity contribution in [3.8, 4) is 5.88 Å². The SMILES string of the molecule is COc1cccc(Cn2nc(C)c(CNC(C)C)c2C)n1. The molecule has 0 unspecified atom stereocenters. The van der Waals surface area contributed by atoms with Crippen LogP contribution in [-0.4, -0.2) is 27.9 Å². The number of methoxy groups -OCH3 is 1. The molecule has 5 nitrogen and oxygen atoms in total. The molecule has 0 atom stereocenters. The molecule has 0 saturated carbocycles. The number of nitrogens with zero attached hydrogens (tertiary/aromatic N) is 3. The van der Waals surface area contributed by atoms with Gasteiger partial charge in [0, 0.05) is 29.9 Å². The molecule has 0 aliphatic carbocycles. The highest BCUT2D eigenvalue weighted by atomic mass is 16.5. The maximum absolute atomic E-state index is 5.17. The van der Waals surface area contributed by atoms with Gasteiger partial charge in [-0.1, -0.05) is 19.9 Å². The Morgan fingerprint density at radius 1 is 1.29 bits per heavy atom. The number of ether oxygens (including phenoxy) is 1. The van der Waals surface area contributed by atoms with Crippen LogP contribution in [0.1, 0.15) is 36.5 Å². The summed E-state index contributed by atoms with van der Waals surface area (Å²) in [5, 5.41) is 8.08. The van der Waals surface area contributed by atoms with Gasteiger partial charge in [0.2, 0.25) is 5.88 Å². The molecule has 1 N–H and O–H groups in total. The highest BCUT2D eigenvalue weighted by molar-refractivity contribution is 5.25. The van der Waals surface area contributed by atoms with E-state index < -0.39 is 0 Å². The largest absolute Gasteiger partial charge is 0.481 e.